The molecular formula is C71H116O6. The molecule has 0 aromatic rings. The fraction of sp³-hybridized carbons (Fsp3) is 0.648. The number of esters is 3. The molecular weight excluding hydrogens is 949 g/mol. The highest BCUT2D eigenvalue weighted by Gasteiger charge is 2.19. The summed E-state index contributed by atoms with van der Waals surface area (Å²) in [5.74, 6) is -0.959. The first kappa shape index (κ1) is 72.5. The van der Waals surface area contributed by atoms with Crippen LogP contribution in [0.1, 0.15) is 278 Å². The van der Waals surface area contributed by atoms with E-state index >= 15 is 0 Å². The van der Waals surface area contributed by atoms with Crippen LogP contribution in [-0.2, 0) is 28.6 Å². The van der Waals surface area contributed by atoms with Gasteiger partial charge in [0.1, 0.15) is 13.2 Å². The maximum Gasteiger partial charge on any atom is 0.306 e. The quantitative estimate of drug-likeness (QED) is 0.0261. The summed E-state index contributed by atoms with van der Waals surface area (Å²) < 4.78 is 16.9. The van der Waals surface area contributed by atoms with Crippen molar-refractivity contribution in [1.29, 1.82) is 0 Å². The van der Waals surface area contributed by atoms with E-state index in [0.717, 1.165) is 135 Å². The second-order valence-electron chi connectivity index (χ2n) is 20.5. The minimum atomic E-state index is -0.809. The highest BCUT2D eigenvalue weighted by Crippen LogP contribution is 2.15. The number of rotatable bonds is 56. The van der Waals surface area contributed by atoms with Crippen LogP contribution in [0.5, 0.6) is 0 Å². The number of allylic oxidation sites excluding steroid dienone is 22. The Morgan fingerprint density at radius 3 is 0.818 bits per heavy atom. The molecule has 0 bridgehead atoms. The molecule has 77 heavy (non-hydrogen) atoms. The zero-order valence-corrected chi connectivity index (χ0v) is 49.9. The average Bonchev–Trinajstić information content (AvgIpc) is 3.43. The van der Waals surface area contributed by atoms with E-state index in [1.807, 2.05) is 0 Å². The smallest absolute Gasteiger partial charge is 0.306 e. The lowest BCUT2D eigenvalue weighted by Gasteiger charge is -2.18. The van der Waals surface area contributed by atoms with Gasteiger partial charge in [-0.1, -0.05) is 257 Å². The van der Waals surface area contributed by atoms with Crippen molar-refractivity contribution in [2.75, 3.05) is 13.2 Å². The minimum Gasteiger partial charge on any atom is -0.462 e. The number of hydrogen-bond acceptors (Lipinski definition) is 6. The van der Waals surface area contributed by atoms with Gasteiger partial charge in [0.05, 0.1) is 0 Å². The molecule has 0 radical (unpaired) electrons. The van der Waals surface area contributed by atoms with Crippen molar-refractivity contribution in [1.82, 2.24) is 0 Å². The van der Waals surface area contributed by atoms with Gasteiger partial charge in [-0.15, -0.1) is 0 Å². The summed E-state index contributed by atoms with van der Waals surface area (Å²) in [6.07, 6.45) is 90.2. The zero-order valence-electron chi connectivity index (χ0n) is 49.9. The van der Waals surface area contributed by atoms with E-state index in [4.69, 9.17) is 14.2 Å². The lowest BCUT2D eigenvalue weighted by molar-refractivity contribution is -0.167. The third-order valence-electron chi connectivity index (χ3n) is 13.1. The highest BCUT2D eigenvalue weighted by atomic mass is 16.6. The van der Waals surface area contributed by atoms with Crippen molar-refractivity contribution < 1.29 is 28.6 Å². The standard InChI is InChI=1S/C71H116O6/c1-4-7-10-13-16-19-22-25-28-30-32-34-35-37-38-40-43-46-49-52-55-58-61-64-70(73)76-67-68(66-75-69(72)63-60-57-54-51-48-45-42-27-24-21-18-15-12-9-6-3)77-71(74)65-62-59-56-53-50-47-44-41-39-36-33-31-29-26-23-20-17-14-11-8-5-2/h8-9,11-12,17-18,20-22,25-27,29-30,32-33,35-37,42,48,51,68H,4-7,10,13-16,19,23-24,28,31,34,38-41,43-47,49-50,52-67H2,1-3H3/b11-8-,12-9-,20-17-,21-18-,25-22-,29-26-,32-30-,36-33-,37-35-,42-27-,51-48-. The molecule has 6 heteroatoms. The van der Waals surface area contributed by atoms with Gasteiger partial charge < -0.3 is 14.2 Å². The Kier molecular flexibility index (Phi) is 60.4. The number of unbranched alkanes of at least 4 members (excludes halogenated alkanes) is 23. The summed E-state index contributed by atoms with van der Waals surface area (Å²) in [4.78, 5) is 38.3. The van der Waals surface area contributed by atoms with E-state index in [1.54, 1.807) is 0 Å². The summed E-state index contributed by atoms with van der Waals surface area (Å²) in [5.41, 5.74) is 0. The van der Waals surface area contributed by atoms with Gasteiger partial charge >= 0.3 is 17.9 Å². The van der Waals surface area contributed by atoms with Crippen LogP contribution >= 0.6 is 0 Å². The first-order valence-electron chi connectivity index (χ1n) is 31.7. The van der Waals surface area contributed by atoms with Gasteiger partial charge in [0.15, 0.2) is 6.10 Å². The van der Waals surface area contributed by atoms with E-state index in [2.05, 4.69) is 154 Å². The Balaban J connectivity index is 4.45. The fourth-order valence-corrected chi connectivity index (χ4v) is 8.43. The van der Waals surface area contributed by atoms with Crippen molar-refractivity contribution in [3.8, 4) is 0 Å². The summed E-state index contributed by atoms with van der Waals surface area (Å²) in [7, 11) is 0. The zero-order chi connectivity index (χ0) is 55.7. The van der Waals surface area contributed by atoms with Gasteiger partial charge in [-0.3, -0.25) is 14.4 Å². The van der Waals surface area contributed by atoms with E-state index < -0.39 is 6.10 Å². The van der Waals surface area contributed by atoms with Crippen molar-refractivity contribution in [3.05, 3.63) is 134 Å². The molecule has 0 aliphatic rings. The van der Waals surface area contributed by atoms with Gasteiger partial charge in [-0.25, -0.2) is 0 Å². The van der Waals surface area contributed by atoms with Gasteiger partial charge in [-0.2, -0.15) is 0 Å². The summed E-state index contributed by atoms with van der Waals surface area (Å²) in [6.45, 7) is 6.36. The number of hydrogen-bond donors (Lipinski definition) is 0. The molecule has 0 aromatic carbocycles. The largest absolute Gasteiger partial charge is 0.462 e. The summed E-state index contributed by atoms with van der Waals surface area (Å²) in [6, 6.07) is 0. The maximum atomic E-state index is 12.9. The molecule has 6 nitrogen and oxygen atoms in total. The summed E-state index contributed by atoms with van der Waals surface area (Å²) >= 11 is 0. The van der Waals surface area contributed by atoms with Gasteiger partial charge in [-0.05, 0) is 135 Å². The topological polar surface area (TPSA) is 78.9 Å². The third-order valence-corrected chi connectivity index (χ3v) is 13.1. The van der Waals surface area contributed by atoms with E-state index in [1.165, 1.54) is 103 Å². The monoisotopic (exact) mass is 1060 g/mol. The molecule has 0 amide bonds. The van der Waals surface area contributed by atoms with Crippen LogP contribution in [0.15, 0.2) is 134 Å². The van der Waals surface area contributed by atoms with E-state index in [0.29, 0.717) is 19.3 Å². The number of carbonyl (C=O) groups is 3. The number of ether oxygens (including phenoxy) is 3. The SMILES string of the molecule is CC/C=C\C/C=C\C/C=C\C/C=C\CCCCCCCCCCC(=O)OC(COC(=O)CCCC/C=C\C/C=C\C/C=C\C/C=C\CC)COC(=O)CCCCCCCCCC/C=C\C/C=C\C/C=C\CCCCCCC. The molecule has 0 spiro atoms. The molecule has 1 atom stereocenters. The highest BCUT2D eigenvalue weighted by molar-refractivity contribution is 5.71. The van der Waals surface area contributed by atoms with Crippen LogP contribution in [0.2, 0.25) is 0 Å². The molecule has 1 unspecified atom stereocenters. The molecule has 0 saturated heterocycles. The van der Waals surface area contributed by atoms with Crippen LogP contribution in [0, 0.1) is 0 Å². The molecule has 0 aromatic heterocycles. The van der Waals surface area contributed by atoms with Crippen LogP contribution in [0.25, 0.3) is 0 Å². The molecule has 0 rings (SSSR count). The van der Waals surface area contributed by atoms with Crippen molar-refractivity contribution in [3.63, 3.8) is 0 Å². The lowest BCUT2D eigenvalue weighted by Crippen LogP contribution is -2.30. The number of carbonyl (C=O) groups excluding carboxylic acids is 3. The normalized spacial score (nSPS) is 13.0. The van der Waals surface area contributed by atoms with Crippen LogP contribution in [-0.4, -0.2) is 37.2 Å². The Labute approximate surface area is 475 Å². The Morgan fingerprint density at radius 1 is 0.273 bits per heavy atom. The van der Waals surface area contributed by atoms with Gasteiger partial charge in [0.25, 0.3) is 0 Å². The van der Waals surface area contributed by atoms with E-state index in [9.17, 15) is 14.4 Å². The second kappa shape index (κ2) is 64.1. The predicted octanol–water partition coefficient (Wildman–Crippen LogP) is 21.8. The fourth-order valence-electron chi connectivity index (χ4n) is 8.43. The molecule has 0 N–H and O–H groups in total. The Hall–Kier alpha value is -4.45. The Bertz CT molecular complexity index is 1650. The van der Waals surface area contributed by atoms with Crippen LogP contribution < -0.4 is 0 Å². The molecule has 0 heterocycles. The average molecular weight is 1070 g/mol. The van der Waals surface area contributed by atoms with Crippen LogP contribution in [0.4, 0.5) is 0 Å². The first-order chi connectivity index (χ1) is 38.0. The Morgan fingerprint density at radius 2 is 0.506 bits per heavy atom. The molecule has 436 valence electrons. The maximum absolute atomic E-state index is 12.9. The van der Waals surface area contributed by atoms with Crippen LogP contribution in [0.3, 0.4) is 0 Å². The molecule has 0 fully saturated rings. The molecule has 0 aliphatic carbocycles. The summed E-state index contributed by atoms with van der Waals surface area (Å²) in [5, 5.41) is 0. The van der Waals surface area contributed by atoms with Crippen molar-refractivity contribution in [2.24, 2.45) is 0 Å². The molecule has 0 saturated carbocycles. The van der Waals surface area contributed by atoms with Crippen molar-refractivity contribution in [2.45, 2.75) is 284 Å². The van der Waals surface area contributed by atoms with Gasteiger partial charge in [0.2, 0.25) is 0 Å². The van der Waals surface area contributed by atoms with Crippen molar-refractivity contribution >= 4 is 17.9 Å². The molecule has 0 aliphatic heterocycles. The lowest BCUT2D eigenvalue weighted by atomic mass is 10.1. The third kappa shape index (κ3) is 62.3. The minimum absolute atomic E-state index is 0.102. The predicted molar refractivity (Wildman–Crippen MR) is 334 cm³/mol. The first-order valence-corrected chi connectivity index (χ1v) is 31.7. The van der Waals surface area contributed by atoms with Gasteiger partial charge in [0, 0.05) is 19.3 Å². The van der Waals surface area contributed by atoms with E-state index in [-0.39, 0.29) is 31.1 Å². The second-order valence-corrected chi connectivity index (χ2v) is 20.5.